The number of aryl methyl sites for hydroxylation is 1. The Bertz CT molecular complexity index is 1120. The van der Waals surface area contributed by atoms with Crippen LogP contribution in [-0.2, 0) is 6.54 Å². The van der Waals surface area contributed by atoms with E-state index in [0.29, 0.717) is 18.7 Å². The number of hydrogen-bond acceptors (Lipinski definition) is 4. The zero-order valence-corrected chi connectivity index (χ0v) is 14.4. The molecule has 0 aliphatic carbocycles. The Hall–Kier alpha value is -3.00. The van der Waals surface area contributed by atoms with Crippen molar-refractivity contribution in [2.24, 2.45) is 0 Å². The fourth-order valence-electron chi connectivity index (χ4n) is 2.50. The van der Waals surface area contributed by atoms with Gasteiger partial charge in [0, 0.05) is 18.4 Å². The molecule has 0 saturated carbocycles. The van der Waals surface area contributed by atoms with Crippen LogP contribution in [0.4, 0.5) is 10.1 Å². The van der Waals surface area contributed by atoms with Crippen LogP contribution >= 0.6 is 11.6 Å². The van der Waals surface area contributed by atoms with Gasteiger partial charge >= 0.3 is 5.69 Å². The monoisotopic (exact) mass is 376 g/mol. The van der Waals surface area contributed by atoms with Gasteiger partial charge in [-0.15, -0.1) is 0 Å². The summed E-state index contributed by atoms with van der Waals surface area (Å²) in [6.45, 7) is 2.28. The molecule has 0 saturated heterocycles. The number of H-pyrrole nitrogens is 1. The van der Waals surface area contributed by atoms with Crippen LogP contribution in [0.2, 0.25) is 5.02 Å². The van der Waals surface area contributed by atoms with E-state index in [2.05, 4.69) is 15.3 Å². The normalized spacial score (nSPS) is 10.9. The van der Waals surface area contributed by atoms with Crippen LogP contribution in [0.3, 0.4) is 0 Å². The van der Waals surface area contributed by atoms with Gasteiger partial charge in [0.25, 0.3) is 11.5 Å². The Kier molecular flexibility index (Phi) is 4.85. The van der Waals surface area contributed by atoms with Crippen molar-refractivity contribution in [3.63, 3.8) is 0 Å². The van der Waals surface area contributed by atoms with E-state index in [1.165, 1.54) is 29.0 Å². The minimum absolute atomic E-state index is 0.116. The predicted octanol–water partition coefficient (Wildman–Crippen LogP) is 2.54. The topological polar surface area (TPSA) is 96.9 Å². The Morgan fingerprint density at radius 3 is 2.81 bits per heavy atom. The summed E-state index contributed by atoms with van der Waals surface area (Å²) in [7, 11) is 0. The van der Waals surface area contributed by atoms with Gasteiger partial charge < -0.3 is 5.32 Å². The fourth-order valence-corrected chi connectivity index (χ4v) is 2.68. The lowest BCUT2D eigenvalue weighted by Crippen LogP contribution is -2.31. The van der Waals surface area contributed by atoms with Gasteiger partial charge in [0.15, 0.2) is 0 Å². The van der Waals surface area contributed by atoms with Gasteiger partial charge in [-0.2, -0.15) is 0 Å². The smallest absolute Gasteiger partial charge is 0.322 e. The van der Waals surface area contributed by atoms with Crippen molar-refractivity contribution >= 4 is 34.2 Å². The highest BCUT2D eigenvalue weighted by atomic mass is 35.5. The number of nitrogens with one attached hydrogen (secondary N) is 2. The molecule has 0 aliphatic rings. The molecule has 2 aromatic heterocycles. The summed E-state index contributed by atoms with van der Waals surface area (Å²) in [4.78, 5) is 42.7. The Morgan fingerprint density at radius 2 is 2.12 bits per heavy atom. The molecule has 0 unspecified atom stereocenters. The van der Waals surface area contributed by atoms with Crippen molar-refractivity contribution in [1.29, 1.82) is 0 Å². The minimum atomic E-state index is -0.621. The number of aromatic amines is 1. The number of halogens is 2. The van der Waals surface area contributed by atoms with E-state index < -0.39 is 23.0 Å². The van der Waals surface area contributed by atoms with Crippen molar-refractivity contribution < 1.29 is 9.18 Å². The van der Waals surface area contributed by atoms with E-state index in [1.807, 2.05) is 6.92 Å². The number of pyridine rings is 1. The molecule has 0 bridgehead atoms. The lowest BCUT2D eigenvalue weighted by molar-refractivity contribution is 0.102. The number of benzene rings is 1. The highest BCUT2D eigenvalue weighted by Gasteiger charge is 2.13. The first kappa shape index (κ1) is 17.8. The number of amides is 1. The molecule has 26 heavy (non-hydrogen) atoms. The summed E-state index contributed by atoms with van der Waals surface area (Å²) < 4.78 is 14.5. The largest absolute Gasteiger partial charge is 0.329 e. The molecular weight excluding hydrogens is 363 g/mol. The second-order valence-electron chi connectivity index (χ2n) is 5.59. The van der Waals surface area contributed by atoms with Crippen molar-refractivity contribution in [3.05, 3.63) is 67.7 Å². The van der Waals surface area contributed by atoms with Crippen molar-refractivity contribution in [2.75, 3.05) is 5.32 Å². The van der Waals surface area contributed by atoms with Gasteiger partial charge in [-0.25, -0.2) is 14.2 Å². The third-order valence-corrected chi connectivity index (χ3v) is 4.01. The number of carbonyl (C=O) groups is 1. The van der Waals surface area contributed by atoms with E-state index in [1.54, 1.807) is 0 Å². The molecule has 3 aromatic rings. The number of nitrogens with zero attached hydrogens (tertiary/aromatic N) is 2. The first-order valence-electron chi connectivity index (χ1n) is 7.80. The van der Waals surface area contributed by atoms with Gasteiger partial charge in [-0.3, -0.25) is 19.1 Å². The van der Waals surface area contributed by atoms with Gasteiger partial charge in [0.1, 0.15) is 11.5 Å². The summed E-state index contributed by atoms with van der Waals surface area (Å²) in [5, 5.41) is 2.55. The minimum Gasteiger partial charge on any atom is -0.322 e. The zero-order chi connectivity index (χ0) is 18.8. The maximum atomic E-state index is 13.2. The first-order valence-corrected chi connectivity index (χ1v) is 8.17. The lowest BCUT2D eigenvalue weighted by Gasteiger charge is -2.09. The quantitative estimate of drug-likeness (QED) is 0.731. The fraction of sp³-hybridized carbons (Fsp3) is 0.176. The summed E-state index contributed by atoms with van der Waals surface area (Å²) in [5.41, 5.74) is -0.544. The molecule has 0 aliphatic heterocycles. The molecule has 7 nitrogen and oxygen atoms in total. The summed E-state index contributed by atoms with van der Waals surface area (Å²) >= 11 is 5.69. The number of hydrogen-bond donors (Lipinski definition) is 2. The van der Waals surface area contributed by atoms with E-state index >= 15 is 0 Å². The van der Waals surface area contributed by atoms with E-state index in [-0.39, 0.29) is 21.6 Å². The zero-order valence-electron chi connectivity index (χ0n) is 13.7. The van der Waals surface area contributed by atoms with Crippen LogP contribution in [0.25, 0.3) is 11.0 Å². The lowest BCUT2D eigenvalue weighted by atomic mass is 10.2. The van der Waals surface area contributed by atoms with Crippen LogP contribution in [0.1, 0.15) is 23.7 Å². The van der Waals surface area contributed by atoms with Gasteiger partial charge in [0.2, 0.25) is 0 Å². The number of aromatic nitrogens is 3. The standard InChI is InChI=1S/C17H14ClFN4O3/c1-2-5-23-14-11(16(25)22-17(23)26)6-9(8-20-14)15(24)21-10-3-4-13(19)12(18)7-10/h3-4,6-8H,2,5H2,1H3,(H,21,24)(H,22,25,26). The van der Waals surface area contributed by atoms with E-state index in [0.717, 1.165) is 6.07 Å². The Morgan fingerprint density at radius 1 is 1.35 bits per heavy atom. The van der Waals surface area contributed by atoms with Crippen molar-refractivity contribution in [2.45, 2.75) is 19.9 Å². The molecule has 1 aromatic carbocycles. The molecular formula is C17H14ClFN4O3. The average Bonchev–Trinajstić information content (AvgIpc) is 2.61. The van der Waals surface area contributed by atoms with Crippen LogP contribution in [0.15, 0.2) is 40.1 Å². The number of carbonyl (C=O) groups excluding carboxylic acids is 1. The second kappa shape index (κ2) is 7.09. The SMILES string of the molecule is CCCn1c(=O)[nH]c(=O)c2cc(C(=O)Nc3ccc(F)c(Cl)c3)cnc21. The second-order valence-corrected chi connectivity index (χ2v) is 6.00. The highest BCUT2D eigenvalue weighted by Crippen LogP contribution is 2.20. The Labute approximate surface area is 151 Å². The third-order valence-electron chi connectivity index (χ3n) is 3.72. The summed E-state index contributed by atoms with van der Waals surface area (Å²) in [6, 6.07) is 5.12. The van der Waals surface area contributed by atoms with E-state index in [4.69, 9.17) is 11.6 Å². The summed E-state index contributed by atoms with van der Waals surface area (Å²) in [6.07, 6.45) is 1.95. The van der Waals surface area contributed by atoms with E-state index in [9.17, 15) is 18.8 Å². The first-order chi connectivity index (χ1) is 12.4. The van der Waals surface area contributed by atoms with Crippen LogP contribution in [-0.4, -0.2) is 20.4 Å². The molecule has 2 N–H and O–H groups in total. The predicted molar refractivity (Wildman–Crippen MR) is 96.3 cm³/mol. The molecule has 0 spiro atoms. The molecule has 3 rings (SSSR count). The molecule has 1 amide bonds. The maximum absolute atomic E-state index is 13.2. The molecule has 2 heterocycles. The highest BCUT2D eigenvalue weighted by molar-refractivity contribution is 6.31. The van der Waals surface area contributed by atoms with Gasteiger partial charge in [-0.1, -0.05) is 18.5 Å². The van der Waals surface area contributed by atoms with Gasteiger partial charge in [-0.05, 0) is 30.7 Å². The van der Waals surface area contributed by atoms with Crippen molar-refractivity contribution in [1.82, 2.24) is 14.5 Å². The molecule has 0 radical (unpaired) electrons. The average molecular weight is 377 g/mol. The molecule has 9 heteroatoms. The van der Waals surface area contributed by atoms with Crippen LogP contribution in [0, 0.1) is 5.82 Å². The molecule has 0 fully saturated rings. The maximum Gasteiger partial charge on any atom is 0.329 e. The Balaban J connectivity index is 2.00. The van der Waals surface area contributed by atoms with Crippen LogP contribution < -0.4 is 16.6 Å². The molecule has 0 atom stereocenters. The third kappa shape index (κ3) is 3.36. The number of anilines is 1. The van der Waals surface area contributed by atoms with Crippen molar-refractivity contribution in [3.8, 4) is 0 Å². The summed E-state index contributed by atoms with van der Waals surface area (Å²) in [5.74, 6) is -1.15. The van der Waals surface area contributed by atoms with Gasteiger partial charge in [0.05, 0.1) is 16.0 Å². The number of fused-ring (bicyclic) bond motifs is 1. The van der Waals surface area contributed by atoms with Crippen LogP contribution in [0.5, 0.6) is 0 Å². The molecule has 134 valence electrons. The number of rotatable bonds is 4.